The average molecular weight is 621 g/mol. The summed E-state index contributed by atoms with van der Waals surface area (Å²) in [5.41, 5.74) is 1.98. The van der Waals surface area contributed by atoms with E-state index in [1.54, 1.807) is 67.6 Å². The molecule has 3 rings (SSSR count). The highest BCUT2D eigenvalue weighted by Gasteiger charge is 2.32. The van der Waals surface area contributed by atoms with E-state index in [0.717, 1.165) is 15.4 Å². The van der Waals surface area contributed by atoms with E-state index in [-0.39, 0.29) is 23.4 Å². The molecule has 202 valence electrons. The maximum absolute atomic E-state index is 13.8. The molecule has 1 N–H and O–H groups in total. The number of sulfonamides is 1. The first-order valence-corrected chi connectivity index (χ1v) is 14.7. The van der Waals surface area contributed by atoms with Crippen molar-refractivity contribution in [1.29, 1.82) is 0 Å². The summed E-state index contributed by atoms with van der Waals surface area (Å²) < 4.78 is 29.3. The van der Waals surface area contributed by atoms with E-state index >= 15 is 0 Å². The monoisotopic (exact) mass is 619 g/mol. The Morgan fingerprint density at radius 1 is 0.974 bits per heavy atom. The first kappa shape index (κ1) is 29.7. The number of aryl methyl sites for hydroxylation is 1. The van der Waals surface area contributed by atoms with Crippen LogP contribution >= 0.6 is 27.5 Å². The van der Waals surface area contributed by atoms with Gasteiger partial charge in [0.1, 0.15) is 12.6 Å². The number of anilines is 1. The van der Waals surface area contributed by atoms with Crippen molar-refractivity contribution in [1.82, 2.24) is 10.2 Å². The molecule has 0 aliphatic carbocycles. The van der Waals surface area contributed by atoms with E-state index in [1.807, 2.05) is 20.8 Å². The number of halogens is 2. The van der Waals surface area contributed by atoms with Gasteiger partial charge in [-0.3, -0.25) is 13.9 Å². The normalized spacial score (nSPS) is 12.2. The van der Waals surface area contributed by atoms with E-state index in [2.05, 4.69) is 21.2 Å². The Balaban J connectivity index is 2.03. The minimum atomic E-state index is -4.11. The number of nitrogens with zero attached hydrogens (tertiary/aromatic N) is 2. The zero-order valence-corrected chi connectivity index (χ0v) is 24.8. The van der Waals surface area contributed by atoms with Crippen molar-refractivity contribution in [2.75, 3.05) is 10.8 Å². The number of benzene rings is 3. The highest BCUT2D eigenvalue weighted by atomic mass is 79.9. The van der Waals surface area contributed by atoms with Gasteiger partial charge in [-0.15, -0.1) is 0 Å². The number of nitrogens with one attached hydrogen (secondary N) is 1. The molecular weight excluding hydrogens is 590 g/mol. The van der Waals surface area contributed by atoms with Crippen molar-refractivity contribution in [3.63, 3.8) is 0 Å². The minimum absolute atomic E-state index is 0.0609. The molecule has 0 bridgehead atoms. The third-order valence-corrected chi connectivity index (χ3v) is 8.38. The second-order valence-electron chi connectivity index (χ2n) is 9.29. The fraction of sp³-hybridized carbons (Fsp3) is 0.286. The van der Waals surface area contributed by atoms with E-state index in [1.165, 1.54) is 17.0 Å². The predicted molar refractivity (Wildman–Crippen MR) is 155 cm³/mol. The standard InChI is InChI=1S/C28H31BrClN3O4S/c1-19(2)31-28(35)21(4)32(17-22-10-12-24(30)13-11-22)27(34)18-33(25-7-5-6-23(29)16-25)38(36,37)26-14-8-20(3)9-15-26/h5-16,19,21H,17-18H2,1-4H3,(H,31,35)/t21-/m1/s1. The van der Waals surface area contributed by atoms with Crippen LogP contribution in [0.4, 0.5) is 5.69 Å². The fourth-order valence-electron chi connectivity index (χ4n) is 3.77. The highest BCUT2D eigenvalue weighted by molar-refractivity contribution is 9.10. The third kappa shape index (κ3) is 7.58. The van der Waals surface area contributed by atoms with Crippen molar-refractivity contribution < 1.29 is 18.0 Å². The van der Waals surface area contributed by atoms with Crippen LogP contribution in [0.3, 0.4) is 0 Å². The molecule has 0 saturated carbocycles. The molecule has 0 aliphatic rings. The molecule has 38 heavy (non-hydrogen) atoms. The molecule has 0 spiro atoms. The van der Waals surface area contributed by atoms with Crippen LogP contribution in [0.2, 0.25) is 5.02 Å². The van der Waals surface area contributed by atoms with Gasteiger partial charge >= 0.3 is 0 Å². The van der Waals surface area contributed by atoms with Crippen molar-refractivity contribution in [2.45, 2.75) is 51.2 Å². The maximum Gasteiger partial charge on any atom is 0.264 e. The van der Waals surface area contributed by atoms with Crippen molar-refractivity contribution >= 4 is 55.1 Å². The summed E-state index contributed by atoms with van der Waals surface area (Å²) in [5, 5.41) is 3.38. The summed E-state index contributed by atoms with van der Waals surface area (Å²) in [6.45, 7) is 6.76. The zero-order valence-electron chi connectivity index (χ0n) is 21.7. The molecule has 3 aromatic carbocycles. The molecule has 10 heteroatoms. The maximum atomic E-state index is 13.8. The summed E-state index contributed by atoms with van der Waals surface area (Å²) in [4.78, 5) is 28.2. The van der Waals surface area contributed by atoms with Crippen LogP contribution in [0.1, 0.15) is 31.9 Å². The Hall–Kier alpha value is -2.88. The molecule has 0 heterocycles. The number of carbonyl (C=O) groups excluding carboxylic acids is 2. The van der Waals surface area contributed by atoms with Crippen LogP contribution < -0.4 is 9.62 Å². The van der Waals surface area contributed by atoms with Gasteiger partial charge in [0.25, 0.3) is 10.0 Å². The quantitative estimate of drug-likeness (QED) is 0.322. The topological polar surface area (TPSA) is 86.8 Å². The largest absolute Gasteiger partial charge is 0.352 e. The Labute approximate surface area is 238 Å². The third-order valence-electron chi connectivity index (χ3n) is 5.85. The van der Waals surface area contributed by atoms with Gasteiger partial charge in [0, 0.05) is 22.1 Å². The van der Waals surface area contributed by atoms with Gasteiger partial charge in [-0.2, -0.15) is 0 Å². The number of hydrogen-bond donors (Lipinski definition) is 1. The summed E-state index contributed by atoms with van der Waals surface area (Å²) in [7, 11) is -4.11. The average Bonchev–Trinajstić information content (AvgIpc) is 2.86. The van der Waals surface area contributed by atoms with Gasteiger partial charge in [-0.1, -0.05) is 63.4 Å². The zero-order chi connectivity index (χ0) is 28.0. The molecular formula is C28H31BrClN3O4S. The van der Waals surface area contributed by atoms with E-state index in [9.17, 15) is 18.0 Å². The van der Waals surface area contributed by atoms with Crippen LogP contribution in [-0.2, 0) is 26.2 Å². The van der Waals surface area contributed by atoms with Crippen LogP contribution in [-0.4, -0.2) is 43.8 Å². The van der Waals surface area contributed by atoms with E-state index in [4.69, 9.17) is 11.6 Å². The number of rotatable bonds is 10. The van der Waals surface area contributed by atoms with Gasteiger partial charge in [-0.25, -0.2) is 8.42 Å². The van der Waals surface area contributed by atoms with Gasteiger partial charge in [0.15, 0.2) is 0 Å². The van der Waals surface area contributed by atoms with Crippen molar-refractivity contribution in [3.05, 3.63) is 93.4 Å². The van der Waals surface area contributed by atoms with Crippen LogP contribution in [0.15, 0.2) is 82.2 Å². The molecule has 0 aliphatic heterocycles. The molecule has 2 amide bonds. The minimum Gasteiger partial charge on any atom is -0.352 e. The number of hydrogen-bond acceptors (Lipinski definition) is 4. The summed E-state index contributed by atoms with van der Waals surface area (Å²) in [5.74, 6) is -0.861. The van der Waals surface area contributed by atoms with E-state index < -0.39 is 28.5 Å². The Morgan fingerprint density at radius 2 is 1.61 bits per heavy atom. The van der Waals surface area contributed by atoms with E-state index in [0.29, 0.717) is 15.2 Å². The SMILES string of the molecule is Cc1ccc(S(=O)(=O)N(CC(=O)N(Cc2ccc(Cl)cc2)[C@H](C)C(=O)NC(C)C)c2cccc(Br)c2)cc1. The van der Waals surface area contributed by atoms with Gasteiger partial charge in [0.2, 0.25) is 11.8 Å². The molecule has 0 fully saturated rings. The lowest BCUT2D eigenvalue weighted by molar-refractivity contribution is -0.139. The van der Waals surface area contributed by atoms with Crippen LogP contribution in [0.25, 0.3) is 0 Å². The summed E-state index contributed by atoms with van der Waals surface area (Å²) in [6, 6.07) is 19.1. The van der Waals surface area contributed by atoms with Crippen LogP contribution in [0, 0.1) is 6.92 Å². The van der Waals surface area contributed by atoms with Crippen LogP contribution in [0.5, 0.6) is 0 Å². The van der Waals surface area contributed by atoms with Gasteiger partial charge in [-0.05, 0) is 75.7 Å². The summed E-state index contributed by atoms with van der Waals surface area (Å²) in [6.07, 6.45) is 0. The fourth-order valence-corrected chi connectivity index (χ4v) is 5.69. The highest BCUT2D eigenvalue weighted by Crippen LogP contribution is 2.27. The van der Waals surface area contributed by atoms with Gasteiger partial charge in [0.05, 0.1) is 10.6 Å². The lowest BCUT2D eigenvalue weighted by Crippen LogP contribution is -2.52. The molecule has 1 atom stereocenters. The number of amides is 2. The Kier molecular flexibility index (Phi) is 9.98. The Bertz CT molecular complexity index is 1380. The molecule has 0 radical (unpaired) electrons. The lowest BCUT2D eigenvalue weighted by Gasteiger charge is -2.32. The smallest absolute Gasteiger partial charge is 0.264 e. The van der Waals surface area contributed by atoms with Crippen molar-refractivity contribution in [3.8, 4) is 0 Å². The summed E-state index contributed by atoms with van der Waals surface area (Å²) >= 11 is 9.42. The molecule has 0 saturated heterocycles. The second kappa shape index (κ2) is 12.8. The predicted octanol–water partition coefficient (Wildman–Crippen LogP) is 5.55. The molecule has 7 nitrogen and oxygen atoms in total. The Morgan fingerprint density at radius 3 is 2.18 bits per heavy atom. The first-order chi connectivity index (χ1) is 17.9. The second-order valence-corrected chi connectivity index (χ2v) is 12.5. The molecule has 0 unspecified atom stereocenters. The van der Waals surface area contributed by atoms with Crippen molar-refractivity contribution in [2.24, 2.45) is 0 Å². The first-order valence-electron chi connectivity index (χ1n) is 12.1. The molecule has 3 aromatic rings. The lowest BCUT2D eigenvalue weighted by atomic mass is 10.1. The van der Waals surface area contributed by atoms with Gasteiger partial charge < -0.3 is 10.2 Å². The number of carbonyl (C=O) groups is 2. The molecule has 0 aromatic heterocycles.